The second-order valence-corrected chi connectivity index (χ2v) is 5.17. The Morgan fingerprint density at radius 1 is 1.39 bits per heavy atom. The number of likely N-dealkylation sites (N-methyl/N-ethyl adjacent to an activating group) is 1. The first-order valence-electron chi connectivity index (χ1n) is 6.38. The molecular weight excluding hydrogens is 226 g/mol. The third-order valence-electron chi connectivity index (χ3n) is 4.09. The molecule has 0 spiro atoms. The van der Waals surface area contributed by atoms with E-state index in [0.717, 1.165) is 30.9 Å². The van der Waals surface area contributed by atoms with Crippen LogP contribution in [-0.2, 0) is 0 Å². The van der Waals surface area contributed by atoms with Crippen molar-refractivity contribution < 1.29 is 4.74 Å². The molecule has 0 aliphatic carbocycles. The molecule has 1 aromatic carbocycles. The number of benzene rings is 1. The predicted molar refractivity (Wildman–Crippen MR) is 75.3 cm³/mol. The summed E-state index contributed by atoms with van der Waals surface area (Å²) in [6.07, 6.45) is 1.09. The van der Waals surface area contributed by atoms with Gasteiger partial charge in [-0.2, -0.15) is 0 Å². The van der Waals surface area contributed by atoms with E-state index >= 15 is 0 Å². The minimum atomic E-state index is 0.0842. The van der Waals surface area contributed by atoms with Crippen LogP contribution in [0.3, 0.4) is 0 Å². The summed E-state index contributed by atoms with van der Waals surface area (Å²) < 4.78 is 5.43. The van der Waals surface area contributed by atoms with Crippen molar-refractivity contribution in [2.45, 2.75) is 12.0 Å². The standard InChI is InChI=1S/C14H23N3O/c1-16(2)14(10-15)8-9-17(11-14)12-6-4-5-7-13(12)18-3/h4-7H,8-11,15H2,1-3H3. The summed E-state index contributed by atoms with van der Waals surface area (Å²) in [6, 6.07) is 8.17. The van der Waals surface area contributed by atoms with Crippen LogP contribution in [-0.4, -0.2) is 51.3 Å². The van der Waals surface area contributed by atoms with Crippen molar-refractivity contribution in [2.24, 2.45) is 5.73 Å². The summed E-state index contributed by atoms with van der Waals surface area (Å²) in [5.74, 6) is 0.934. The lowest BCUT2D eigenvalue weighted by atomic mass is 9.97. The van der Waals surface area contributed by atoms with Gasteiger partial charge < -0.3 is 20.3 Å². The number of hydrogen-bond acceptors (Lipinski definition) is 4. The topological polar surface area (TPSA) is 41.7 Å². The van der Waals surface area contributed by atoms with Gasteiger partial charge in [-0.15, -0.1) is 0 Å². The number of para-hydroxylation sites is 2. The number of rotatable bonds is 4. The molecule has 0 amide bonds. The first-order chi connectivity index (χ1) is 8.63. The molecule has 100 valence electrons. The van der Waals surface area contributed by atoms with Gasteiger partial charge in [0.25, 0.3) is 0 Å². The van der Waals surface area contributed by atoms with Gasteiger partial charge in [0.05, 0.1) is 18.3 Å². The Balaban J connectivity index is 2.22. The highest BCUT2D eigenvalue weighted by molar-refractivity contribution is 5.59. The van der Waals surface area contributed by atoms with Gasteiger partial charge in [0.1, 0.15) is 5.75 Å². The van der Waals surface area contributed by atoms with E-state index in [0.29, 0.717) is 6.54 Å². The number of nitrogens with zero attached hydrogens (tertiary/aromatic N) is 2. The molecule has 4 heteroatoms. The number of methoxy groups -OCH3 is 1. The monoisotopic (exact) mass is 249 g/mol. The molecule has 1 fully saturated rings. The number of anilines is 1. The quantitative estimate of drug-likeness (QED) is 0.869. The molecule has 1 atom stereocenters. The molecule has 0 radical (unpaired) electrons. The fourth-order valence-corrected chi connectivity index (χ4v) is 2.67. The summed E-state index contributed by atoms with van der Waals surface area (Å²) in [4.78, 5) is 4.62. The molecule has 1 heterocycles. The minimum absolute atomic E-state index is 0.0842. The van der Waals surface area contributed by atoms with E-state index in [2.05, 4.69) is 36.0 Å². The Labute approximate surface area is 109 Å². The molecule has 2 N–H and O–H groups in total. The van der Waals surface area contributed by atoms with Crippen molar-refractivity contribution in [1.29, 1.82) is 0 Å². The number of nitrogens with two attached hydrogens (primary N) is 1. The van der Waals surface area contributed by atoms with Crippen LogP contribution < -0.4 is 15.4 Å². The van der Waals surface area contributed by atoms with Gasteiger partial charge in [-0.05, 0) is 32.6 Å². The smallest absolute Gasteiger partial charge is 0.142 e. The van der Waals surface area contributed by atoms with Gasteiger partial charge in [0.2, 0.25) is 0 Å². The lowest BCUT2D eigenvalue weighted by Crippen LogP contribution is -2.52. The van der Waals surface area contributed by atoms with Crippen LogP contribution in [0.1, 0.15) is 6.42 Å². The van der Waals surface area contributed by atoms with Crippen LogP contribution in [0, 0.1) is 0 Å². The van der Waals surface area contributed by atoms with Crippen LogP contribution >= 0.6 is 0 Å². The Bertz CT molecular complexity index is 408. The van der Waals surface area contributed by atoms with Gasteiger partial charge in [-0.1, -0.05) is 12.1 Å². The molecule has 18 heavy (non-hydrogen) atoms. The normalized spacial score (nSPS) is 23.7. The minimum Gasteiger partial charge on any atom is -0.495 e. The number of ether oxygens (including phenoxy) is 1. The Morgan fingerprint density at radius 2 is 2.11 bits per heavy atom. The fourth-order valence-electron chi connectivity index (χ4n) is 2.67. The van der Waals surface area contributed by atoms with Crippen LogP contribution in [0.5, 0.6) is 5.75 Å². The third kappa shape index (κ3) is 2.18. The van der Waals surface area contributed by atoms with Gasteiger partial charge in [-0.3, -0.25) is 0 Å². The van der Waals surface area contributed by atoms with Crippen molar-refractivity contribution in [2.75, 3.05) is 45.7 Å². The molecule has 1 aliphatic rings. The first kappa shape index (κ1) is 13.2. The van der Waals surface area contributed by atoms with Crippen molar-refractivity contribution in [1.82, 2.24) is 4.90 Å². The van der Waals surface area contributed by atoms with E-state index in [4.69, 9.17) is 10.5 Å². The van der Waals surface area contributed by atoms with Gasteiger partial charge in [0, 0.05) is 19.6 Å². The molecule has 0 saturated carbocycles. The second kappa shape index (κ2) is 5.16. The average Bonchev–Trinajstić information content (AvgIpc) is 2.84. The van der Waals surface area contributed by atoms with Crippen LogP contribution in [0.4, 0.5) is 5.69 Å². The van der Waals surface area contributed by atoms with Crippen molar-refractivity contribution >= 4 is 5.69 Å². The molecule has 1 aromatic rings. The van der Waals surface area contributed by atoms with E-state index < -0.39 is 0 Å². The molecule has 0 aromatic heterocycles. The fraction of sp³-hybridized carbons (Fsp3) is 0.571. The van der Waals surface area contributed by atoms with Gasteiger partial charge >= 0.3 is 0 Å². The van der Waals surface area contributed by atoms with Crippen molar-refractivity contribution in [3.05, 3.63) is 24.3 Å². The largest absolute Gasteiger partial charge is 0.495 e. The van der Waals surface area contributed by atoms with Crippen molar-refractivity contribution in [3.63, 3.8) is 0 Å². The lowest BCUT2D eigenvalue weighted by molar-refractivity contribution is 0.184. The maximum Gasteiger partial charge on any atom is 0.142 e. The van der Waals surface area contributed by atoms with E-state index in [-0.39, 0.29) is 5.54 Å². The highest BCUT2D eigenvalue weighted by atomic mass is 16.5. The zero-order valence-corrected chi connectivity index (χ0v) is 11.5. The zero-order chi connectivity index (χ0) is 13.2. The summed E-state index contributed by atoms with van der Waals surface area (Å²) in [6.45, 7) is 2.66. The van der Waals surface area contributed by atoms with Gasteiger partial charge in [-0.25, -0.2) is 0 Å². The van der Waals surface area contributed by atoms with Gasteiger partial charge in [0.15, 0.2) is 0 Å². The summed E-state index contributed by atoms with van der Waals surface area (Å²) in [7, 11) is 5.94. The molecular formula is C14H23N3O. The Hall–Kier alpha value is -1.26. The first-order valence-corrected chi connectivity index (χ1v) is 6.38. The average molecular weight is 249 g/mol. The number of hydrogen-bond donors (Lipinski definition) is 1. The van der Waals surface area contributed by atoms with E-state index in [1.165, 1.54) is 0 Å². The maximum absolute atomic E-state index is 5.98. The van der Waals surface area contributed by atoms with Crippen LogP contribution in [0.25, 0.3) is 0 Å². The predicted octanol–water partition coefficient (Wildman–Crippen LogP) is 1.16. The third-order valence-corrected chi connectivity index (χ3v) is 4.09. The SMILES string of the molecule is COc1ccccc1N1CCC(CN)(N(C)C)C1. The van der Waals surface area contributed by atoms with E-state index in [1.54, 1.807) is 7.11 Å². The second-order valence-electron chi connectivity index (χ2n) is 5.17. The molecule has 1 unspecified atom stereocenters. The molecule has 0 bridgehead atoms. The summed E-state index contributed by atoms with van der Waals surface area (Å²) in [5.41, 5.74) is 7.23. The summed E-state index contributed by atoms with van der Waals surface area (Å²) in [5, 5.41) is 0. The molecule has 4 nitrogen and oxygen atoms in total. The van der Waals surface area contributed by atoms with E-state index in [1.807, 2.05) is 12.1 Å². The van der Waals surface area contributed by atoms with Crippen LogP contribution in [0.15, 0.2) is 24.3 Å². The van der Waals surface area contributed by atoms with E-state index in [9.17, 15) is 0 Å². The lowest BCUT2D eigenvalue weighted by Gasteiger charge is -2.35. The maximum atomic E-state index is 5.98. The zero-order valence-electron chi connectivity index (χ0n) is 11.5. The summed E-state index contributed by atoms with van der Waals surface area (Å²) >= 11 is 0. The molecule has 1 aliphatic heterocycles. The Kier molecular flexibility index (Phi) is 3.78. The van der Waals surface area contributed by atoms with Crippen molar-refractivity contribution in [3.8, 4) is 5.75 Å². The molecule has 1 saturated heterocycles. The highest BCUT2D eigenvalue weighted by Crippen LogP contribution is 2.34. The Morgan fingerprint density at radius 3 is 2.67 bits per heavy atom. The van der Waals surface area contributed by atoms with Crippen LogP contribution in [0.2, 0.25) is 0 Å². The molecule has 2 rings (SSSR count). The highest BCUT2D eigenvalue weighted by Gasteiger charge is 2.39.